The Labute approximate surface area is 186 Å². The average molecular weight is 432 g/mol. The number of nitrogens with zero attached hydrogens (tertiary/aromatic N) is 6. The third-order valence-corrected chi connectivity index (χ3v) is 5.22. The van der Waals surface area contributed by atoms with Crippen LogP contribution in [0.1, 0.15) is 0 Å². The number of nitriles is 1. The number of anilines is 1. The van der Waals surface area contributed by atoms with Crippen LogP contribution in [-0.4, -0.2) is 78.7 Å². The second-order valence-corrected chi connectivity index (χ2v) is 7.75. The van der Waals surface area contributed by atoms with Crippen molar-refractivity contribution in [2.75, 3.05) is 51.8 Å². The van der Waals surface area contributed by atoms with Crippen molar-refractivity contribution in [2.24, 2.45) is 0 Å². The van der Waals surface area contributed by atoms with E-state index in [0.717, 1.165) is 16.9 Å². The largest absolute Gasteiger partial charge is 0.473 e. The third kappa shape index (κ3) is 4.99. The second kappa shape index (κ2) is 9.68. The van der Waals surface area contributed by atoms with Crippen molar-refractivity contribution in [3.05, 3.63) is 42.7 Å². The number of aromatic nitrogens is 3. The van der Waals surface area contributed by atoms with Gasteiger partial charge in [0.25, 0.3) is 0 Å². The first-order valence-corrected chi connectivity index (χ1v) is 10.3. The Morgan fingerprint density at radius 2 is 2.06 bits per heavy atom. The molecule has 1 aliphatic heterocycles. The van der Waals surface area contributed by atoms with Gasteiger partial charge in [0.2, 0.25) is 11.7 Å². The lowest BCUT2D eigenvalue weighted by atomic mass is 10.1. The van der Waals surface area contributed by atoms with E-state index in [1.807, 2.05) is 54.2 Å². The number of benzene rings is 1. The van der Waals surface area contributed by atoms with Crippen LogP contribution in [0.5, 0.6) is 5.88 Å². The minimum atomic E-state index is -0.456. The lowest BCUT2D eigenvalue weighted by Crippen LogP contribution is -2.46. The summed E-state index contributed by atoms with van der Waals surface area (Å²) >= 11 is 0. The summed E-state index contributed by atoms with van der Waals surface area (Å²) in [4.78, 5) is 28.9. The summed E-state index contributed by atoms with van der Waals surface area (Å²) in [6, 6.07) is 11.6. The molecule has 1 aromatic carbocycles. The first-order valence-electron chi connectivity index (χ1n) is 10.3. The van der Waals surface area contributed by atoms with Gasteiger partial charge < -0.3 is 14.4 Å². The molecule has 9 heteroatoms. The standard InChI is InChI=1S/C23H24N6O3/c1-28(2)17-5-3-16(4-6-17)20-11-21-22(26-8-7-25-21)23(27-20)32-15-19-14-29(9-10-31-19)13-18(30)12-24/h3-8,11,19H,9-10,13-15H2,1-2H3/t19-/m0/s1. The molecule has 0 radical (unpaired) electrons. The van der Waals surface area contributed by atoms with Crippen LogP contribution in [0.25, 0.3) is 22.3 Å². The van der Waals surface area contributed by atoms with Crippen molar-refractivity contribution >= 4 is 22.5 Å². The molecule has 0 bridgehead atoms. The third-order valence-electron chi connectivity index (χ3n) is 5.22. The molecule has 2 aromatic heterocycles. The normalized spacial score (nSPS) is 16.5. The molecule has 9 nitrogen and oxygen atoms in total. The molecule has 1 atom stereocenters. The number of carbonyl (C=O) groups excluding carboxylic acids is 1. The molecule has 4 rings (SSSR count). The molecule has 1 fully saturated rings. The predicted molar refractivity (Wildman–Crippen MR) is 119 cm³/mol. The smallest absolute Gasteiger partial charge is 0.245 e. The Balaban J connectivity index is 1.54. The zero-order chi connectivity index (χ0) is 22.5. The Bertz CT molecular complexity index is 1140. The molecule has 0 aliphatic carbocycles. The number of ether oxygens (including phenoxy) is 2. The van der Waals surface area contributed by atoms with Gasteiger partial charge in [-0.3, -0.25) is 14.7 Å². The minimum absolute atomic E-state index is 0.0987. The van der Waals surface area contributed by atoms with E-state index in [2.05, 4.69) is 9.97 Å². The van der Waals surface area contributed by atoms with E-state index in [4.69, 9.17) is 19.7 Å². The number of rotatable bonds is 7. The van der Waals surface area contributed by atoms with E-state index in [0.29, 0.717) is 36.6 Å². The summed E-state index contributed by atoms with van der Waals surface area (Å²) in [7, 11) is 3.99. The van der Waals surface area contributed by atoms with Crippen LogP contribution in [-0.2, 0) is 9.53 Å². The number of fused-ring (bicyclic) bond motifs is 1. The van der Waals surface area contributed by atoms with Crippen molar-refractivity contribution in [3.8, 4) is 23.2 Å². The SMILES string of the molecule is CN(C)c1ccc(-c2cc3nccnc3c(OC[C@@H]3CN(CC(=O)C#N)CCO3)n2)cc1. The lowest BCUT2D eigenvalue weighted by Gasteiger charge is -2.31. The van der Waals surface area contributed by atoms with E-state index in [9.17, 15) is 4.79 Å². The number of carbonyl (C=O) groups is 1. The number of ketones is 1. The van der Waals surface area contributed by atoms with Crippen LogP contribution >= 0.6 is 0 Å². The Morgan fingerprint density at radius 3 is 2.81 bits per heavy atom. The summed E-state index contributed by atoms with van der Waals surface area (Å²) < 4.78 is 11.8. The maximum absolute atomic E-state index is 11.4. The molecule has 0 spiro atoms. The van der Waals surface area contributed by atoms with Crippen molar-refractivity contribution in [3.63, 3.8) is 0 Å². The van der Waals surface area contributed by atoms with Gasteiger partial charge in [-0.1, -0.05) is 12.1 Å². The van der Waals surface area contributed by atoms with Gasteiger partial charge >= 0.3 is 0 Å². The first kappa shape index (κ1) is 21.6. The predicted octanol–water partition coefficient (Wildman–Crippen LogP) is 1.93. The molecule has 1 aliphatic rings. The summed E-state index contributed by atoms with van der Waals surface area (Å²) in [6.45, 7) is 1.93. The van der Waals surface area contributed by atoms with Crippen molar-refractivity contribution in [1.29, 1.82) is 5.26 Å². The lowest BCUT2D eigenvalue weighted by molar-refractivity contribution is -0.117. The van der Waals surface area contributed by atoms with Crippen molar-refractivity contribution in [1.82, 2.24) is 19.9 Å². The maximum Gasteiger partial charge on any atom is 0.245 e. The number of hydrogen-bond donors (Lipinski definition) is 0. The zero-order valence-electron chi connectivity index (χ0n) is 18.1. The fourth-order valence-corrected chi connectivity index (χ4v) is 3.56. The van der Waals surface area contributed by atoms with Crippen LogP contribution in [0.4, 0.5) is 5.69 Å². The molecule has 0 amide bonds. The highest BCUT2D eigenvalue weighted by molar-refractivity contribution is 5.94. The number of pyridine rings is 1. The fourth-order valence-electron chi connectivity index (χ4n) is 3.56. The monoisotopic (exact) mass is 432 g/mol. The van der Waals surface area contributed by atoms with E-state index in [1.165, 1.54) is 0 Å². The summed E-state index contributed by atoms with van der Waals surface area (Å²) in [5, 5.41) is 8.74. The van der Waals surface area contributed by atoms with E-state index in [-0.39, 0.29) is 19.3 Å². The molecular weight excluding hydrogens is 408 g/mol. The van der Waals surface area contributed by atoms with E-state index >= 15 is 0 Å². The molecule has 164 valence electrons. The van der Waals surface area contributed by atoms with Gasteiger partial charge in [-0.2, -0.15) is 5.26 Å². The van der Waals surface area contributed by atoms with Gasteiger partial charge in [0.15, 0.2) is 5.52 Å². The van der Waals surface area contributed by atoms with E-state index < -0.39 is 5.78 Å². The maximum atomic E-state index is 11.4. The highest BCUT2D eigenvalue weighted by Gasteiger charge is 2.23. The molecule has 3 heterocycles. The molecule has 0 saturated carbocycles. The summed E-state index contributed by atoms with van der Waals surface area (Å²) in [5.41, 5.74) is 4.05. The quantitative estimate of drug-likeness (QED) is 0.518. The molecular formula is C23H24N6O3. The molecule has 1 saturated heterocycles. The number of morpholine rings is 1. The Kier molecular flexibility index (Phi) is 6.54. The highest BCUT2D eigenvalue weighted by atomic mass is 16.5. The van der Waals surface area contributed by atoms with Gasteiger partial charge in [0.05, 0.1) is 24.4 Å². The Morgan fingerprint density at radius 1 is 1.28 bits per heavy atom. The van der Waals surface area contributed by atoms with Crippen molar-refractivity contribution < 1.29 is 14.3 Å². The van der Waals surface area contributed by atoms with Crippen LogP contribution in [0.15, 0.2) is 42.7 Å². The number of hydrogen-bond acceptors (Lipinski definition) is 9. The highest BCUT2D eigenvalue weighted by Crippen LogP contribution is 2.28. The average Bonchev–Trinajstić information content (AvgIpc) is 2.82. The number of Topliss-reactive ketones (excluding diaryl/α,β-unsaturated/α-hetero) is 1. The fraction of sp³-hybridized carbons (Fsp3) is 0.348. The van der Waals surface area contributed by atoms with Crippen LogP contribution in [0.3, 0.4) is 0 Å². The topological polar surface area (TPSA) is 104 Å². The van der Waals surface area contributed by atoms with Gasteiger partial charge in [-0.05, 0) is 18.2 Å². The van der Waals surface area contributed by atoms with Crippen molar-refractivity contribution in [2.45, 2.75) is 6.10 Å². The van der Waals surface area contributed by atoms with Gasteiger partial charge in [0, 0.05) is 50.8 Å². The molecule has 3 aromatic rings. The van der Waals surface area contributed by atoms with Crippen LogP contribution in [0.2, 0.25) is 0 Å². The van der Waals surface area contributed by atoms with Gasteiger partial charge in [0.1, 0.15) is 18.8 Å². The summed E-state index contributed by atoms with van der Waals surface area (Å²) in [6.07, 6.45) is 3.00. The minimum Gasteiger partial charge on any atom is -0.473 e. The second-order valence-electron chi connectivity index (χ2n) is 7.75. The van der Waals surface area contributed by atoms with Crippen LogP contribution < -0.4 is 9.64 Å². The first-order chi connectivity index (χ1) is 15.5. The van der Waals surface area contributed by atoms with Crippen LogP contribution in [0, 0.1) is 11.3 Å². The van der Waals surface area contributed by atoms with E-state index in [1.54, 1.807) is 18.5 Å². The zero-order valence-corrected chi connectivity index (χ0v) is 18.1. The van der Waals surface area contributed by atoms with Gasteiger partial charge in [-0.15, -0.1) is 0 Å². The molecule has 0 N–H and O–H groups in total. The molecule has 32 heavy (non-hydrogen) atoms. The van der Waals surface area contributed by atoms with Gasteiger partial charge in [-0.25, -0.2) is 9.97 Å². The molecule has 0 unspecified atom stereocenters. The Hall–Kier alpha value is -3.61. The summed E-state index contributed by atoms with van der Waals surface area (Å²) in [5.74, 6) is -0.0707.